The van der Waals surface area contributed by atoms with Crippen LogP contribution >= 0.6 is 0 Å². The van der Waals surface area contributed by atoms with Crippen LogP contribution in [0.1, 0.15) is 22.8 Å². The third-order valence-electron chi connectivity index (χ3n) is 4.18. The summed E-state index contributed by atoms with van der Waals surface area (Å²) in [5.74, 6) is -1.29. The Morgan fingerprint density at radius 1 is 1.07 bits per heavy atom. The zero-order valence-electron chi connectivity index (χ0n) is 16.0. The molecule has 0 saturated heterocycles. The highest BCUT2D eigenvalue weighted by Crippen LogP contribution is 2.19. The molecule has 0 fully saturated rings. The highest BCUT2D eigenvalue weighted by Gasteiger charge is 2.18. The second-order valence-electron chi connectivity index (χ2n) is 6.28. The number of para-hydroxylation sites is 1. The first kappa shape index (κ1) is 20.1. The monoisotopic (exact) mass is 395 g/mol. The number of rotatable bonds is 7. The first-order valence-corrected chi connectivity index (χ1v) is 9.29. The summed E-state index contributed by atoms with van der Waals surface area (Å²) >= 11 is 0. The van der Waals surface area contributed by atoms with Crippen molar-refractivity contribution in [2.45, 2.75) is 13.3 Å². The van der Waals surface area contributed by atoms with Crippen molar-refractivity contribution in [1.29, 1.82) is 0 Å². The topological polar surface area (TPSA) is 88.1 Å². The Hall–Kier alpha value is -3.68. The molecule has 1 heterocycles. The van der Waals surface area contributed by atoms with Crippen molar-refractivity contribution in [2.24, 2.45) is 0 Å². The Morgan fingerprint density at radius 2 is 1.86 bits per heavy atom. The van der Waals surface area contributed by atoms with Crippen molar-refractivity contribution in [1.82, 2.24) is 20.4 Å². The maximum Gasteiger partial charge on any atom is 0.319 e. The standard InChI is InChI=1S/C21H22FN5O2/c1-2-23-21(29)26-18-10-6-9-17(22)19(18)20(28)24-12-11-15-13-25-27(14-15)16-7-4-3-5-8-16/h3-10,13-14H,2,11-12H2,1H3,(H,24,28)(H2,23,26,29). The molecule has 150 valence electrons. The van der Waals surface area contributed by atoms with Gasteiger partial charge in [-0.05, 0) is 43.2 Å². The van der Waals surface area contributed by atoms with Crippen LogP contribution in [0.3, 0.4) is 0 Å². The molecule has 3 rings (SSSR count). The van der Waals surface area contributed by atoms with Gasteiger partial charge in [0, 0.05) is 19.3 Å². The molecular formula is C21H22FN5O2. The molecule has 0 unspecified atom stereocenters. The molecule has 0 atom stereocenters. The quantitative estimate of drug-likeness (QED) is 0.574. The summed E-state index contributed by atoms with van der Waals surface area (Å²) in [6.45, 7) is 2.48. The molecule has 3 N–H and O–H groups in total. The average molecular weight is 395 g/mol. The van der Waals surface area contributed by atoms with E-state index in [0.29, 0.717) is 19.5 Å². The number of urea groups is 1. The number of aromatic nitrogens is 2. The van der Waals surface area contributed by atoms with Crippen LogP contribution in [0, 0.1) is 5.82 Å². The van der Waals surface area contributed by atoms with E-state index in [1.54, 1.807) is 17.8 Å². The van der Waals surface area contributed by atoms with Gasteiger partial charge in [0.2, 0.25) is 0 Å². The van der Waals surface area contributed by atoms with Gasteiger partial charge in [-0.2, -0.15) is 5.10 Å². The van der Waals surface area contributed by atoms with Gasteiger partial charge in [-0.3, -0.25) is 4.79 Å². The smallest absolute Gasteiger partial charge is 0.319 e. The van der Waals surface area contributed by atoms with Crippen LogP contribution in [0.25, 0.3) is 5.69 Å². The molecule has 0 bridgehead atoms. The number of nitrogens with one attached hydrogen (secondary N) is 3. The van der Waals surface area contributed by atoms with Gasteiger partial charge in [0.05, 0.1) is 23.1 Å². The summed E-state index contributed by atoms with van der Waals surface area (Å²) in [5.41, 5.74) is 1.79. The summed E-state index contributed by atoms with van der Waals surface area (Å²) in [6, 6.07) is 13.3. The van der Waals surface area contributed by atoms with Gasteiger partial charge in [-0.1, -0.05) is 24.3 Å². The Morgan fingerprint density at radius 3 is 2.62 bits per heavy atom. The molecule has 3 aromatic rings. The van der Waals surface area contributed by atoms with E-state index < -0.39 is 17.8 Å². The molecule has 0 spiro atoms. The summed E-state index contributed by atoms with van der Waals surface area (Å²) < 4.78 is 16.0. The highest BCUT2D eigenvalue weighted by atomic mass is 19.1. The molecule has 0 aliphatic rings. The third-order valence-corrected chi connectivity index (χ3v) is 4.18. The van der Waals surface area contributed by atoms with Crippen molar-refractivity contribution in [3.05, 3.63) is 77.9 Å². The predicted octanol–water partition coefficient (Wildman–Crippen LogP) is 3.13. The second kappa shape index (κ2) is 9.50. The number of halogens is 1. The van der Waals surface area contributed by atoms with Crippen LogP contribution in [0.5, 0.6) is 0 Å². The lowest BCUT2D eigenvalue weighted by Crippen LogP contribution is -2.31. The van der Waals surface area contributed by atoms with Crippen molar-refractivity contribution in [2.75, 3.05) is 18.4 Å². The normalized spacial score (nSPS) is 10.4. The Labute approximate surface area is 167 Å². The van der Waals surface area contributed by atoms with E-state index in [0.717, 1.165) is 11.3 Å². The van der Waals surface area contributed by atoms with Gasteiger partial charge in [-0.25, -0.2) is 13.9 Å². The van der Waals surface area contributed by atoms with Crippen LogP contribution in [0.2, 0.25) is 0 Å². The molecule has 8 heteroatoms. The number of nitrogens with zero attached hydrogens (tertiary/aromatic N) is 2. The summed E-state index contributed by atoms with van der Waals surface area (Å²) in [7, 11) is 0. The van der Waals surface area contributed by atoms with E-state index in [9.17, 15) is 14.0 Å². The molecule has 0 saturated carbocycles. The Balaban J connectivity index is 1.61. The first-order valence-electron chi connectivity index (χ1n) is 9.29. The van der Waals surface area contributed by atoms with Gasteiger partial charge in [0.1, 0.15) is 5.82 Å². The van der Waals surface area contributed by atoms with Gasteiger partial charge < -0.3 is 16.0 Å². The number of hydrogen-bond donors (Lipinski definition) is 3. The third kappa shape index (κ3) is 5.19. The minimum absolute atomic E-state index is 0.116. The number of amides is 3. The Kier molecular flexibility index (Phi) is 6.57. The van der Waals surface area contributed by atoms with Gasteiger partial charge in [-0.15, -0.1) is 0 Å². The fourth-order valence-electron chi connectivity index (χ4n) is 2.81. The van der Waals surface area contributed by atoms with Crippen molar-refractivity contribution < 1.29 is 14.0 Å². The van der Waals surface area contributed by atoms with Gasteiger partial charge in [0.15, 0.2) is 0 Å². The molecule has 0 aliphatic heterocycles. The number of benzene rings is 2. The van der Waals surface area contributed by atoms with E-state index in [4.69, 9.17) is 0 Å². The van der Waals surface area contributed by atoms with Crippen LogP contribution in [-0.2, 0) is 6.42 Å². The summed E-state index contributed by atoms with van der Waals surface area (Å²) in [5, 5.41) is 12.1. The van der Waals surface area contributed by atoms with Crippen molar-refractivity contribution in [3.8, 4) is 5.69 Å². The SMILES string of the molecule is CCNC(=O)Nc1cccc(F)c1C(=O)NCCc1cnn(-c2ccccc2)c1. The second-order valence-corrected chi connectivity index (χ2v) is 6.28. The van der Waals surface area contributed by atoms with E-state index >= 15 is 0 Å². The largest absolute Gasteiger partial charge is 0.352 e. The first-order chi connectivity index (χ1) is 14.1. The van der Waals surface area contributed by atoms with E-state index in [1.165, 1.54) is 18.2 Å². The fourth-order valence-corrected chi connectivity index (χ4v) is 2.81. The number of anilines is 1. The van der Waals surface area contributed by atoms with Crippen molar-refractivity contribution >= 4 is 17.6 Å². The average Bonchev–Trinajstić information content (AvgIpc) is 3.18. The lowest BCUT2D eigenvalue weighted by atomic mass is 10.1. The number of carbonyl (C=O) groups excluding carboxylic acids is 2. The number of carbonyl (C=O) groups is 2. The molecule has 0 aliphatic carbocycles. The van der Waals surface area contributed by atoms with Crippen LogP contribution in [0.4, 0.5) is 14.9 Å². The summed E-state index contributed by atoms with van der Waals surface area (Å²) in [6.07, 6.45) is 4.14. The Bertz CT molecular complexity index is 988. The lowest BCUT2D eigenvalue weighted by molar-refractivity contribution is 0.0951. The minimum Gasteiger partial charge on any atom is -0.352 e. The molecule has 29 heavy (non-hydrogen) atoms. The fraction of sp³-hybridized carbons (Fsp3) is 0.190. The van der Waals surface area contributed by atoms with E-state index in [1.807, 2.05) is 36.5 Å². The van der Waals surface area contributed by atoms with Crippen molar-refractivity contribution in [3.63, 3.8) is 0 Å². The zero-order valence-corrected chi connectivity index (χ0v) is 16.0. The maximum atomic E-state index is 14.2. The van der Waals surface area contributed by atoms with E-state index in [-0.39, 0.29) is 11.3 Å². The molecular weight excluding hydrogens is 373 g/mol. The van der Waals surface area contributed by atoms with Crippen LogP contribution in [0.15, 0.2) is 60.9 Å². The molecule has 7 nitrogen and oxygen atoms in total. The zero-order chi connectivity index (χ0) is 20.6. The summed E-state index contributed by atoms with van der Waals surface area (Å²) in [4.78, 5) is 24.2. The maximum absolute atomic E-state index is 14.2. The van der Waals surface area contributed by atoms with Crippen LogP contribution < -0.4 is 16.0 Å². The number of hydrogen-bond acceptors (Lipinski definition) is 3. The molecule has 1 aromatic heterocycles. The minimum atomic E-state index is -0.700. The van der Waals surface area contributed by atoms with Crippen LogP contribution in [-0.4, -0.2) is 34.8 Å². The van der Waals surface area contributed by atoms with Gasteiger partial charge >= 0.3 is 6.03 Å². The predicted molar refractivity (Wildman–Crippen MR) is 109 cm³/mol. The molecule has 0 radical (unpaired) electrons. The molecule has 2 aromatic carbocycles. The highest BCUT2D eigenvalue weighted by molar-refractivity contribution is 6.03. The van der Waals surface area contributed by atoms with E-state index in [2.05, 4.69) is 21.0 Å². The van der Waals surface area contributed by atoms with Gasteiger partial charge in [0.25, 0.3) is 5.91 Å². The molecule has 3 amide bonds. The lowest BCUT2D eigenvalue weighted by Gasteiger charge is -2.12.